The summed E-state index contributed by atoms with van der Waals surface area (Å²) >= 11 is 9.14. The van der Waals surface area contributed by atoms with E-state index in [0.29, 0.717) is 5.56 Å². The van der Waals surface area contributed by atoms with Crippen molar-refractivity contribution in [2.24, 2.45) is 5.41 Å². The van der Waals surface area contributed by atoms with Gasteiger partial charge in [-0.2, -0.15) is 0 Å². The number of hydrogen-bond acceptors (Lipinski definition) is 2. The van der Waals surface area contributed by atoms with Gasteiger partial charge in [-0.25, -0.2) is 4.98 Å². The van der Waals surface area contributed by atoms with E-state index in [9.17, 15) is 4.79 Å². The van der Waals surface area contributed by atoms with E-state index in [1.807, 2.05) is 0 Å². The van der Waals surface area contributed by atoms with Gasteiger partial charge < -0.3 is 5.32 Å². The summed E-state index contributed by atoms with van der Waals surface area (Å²) in [5.74, 6) is -0.158. The molecule has 16 heavy (non-hydrogen) atoms. The van der Waals surface area contributed by atoms with Gasteiger partial charge in [-0.15, -0.1) is 0 Å². The van der Waals surface area contributed by atoms with Gasteiger partial charge >= 0.3 is 0 Å². The highest BCUT2D eigenvalue weighted by Gasteiger charge is 2.46. The van der Waals surface area contributed by atoms with Crippen molar-refractivity contribution in [1.82, 2.24) is 10.3 Å². The number of carbonyl (C=O) groups excluding carboxylic acids is 1. The van der Waals surface area contributed by atoms with Crippen molar-refractivity contribution in [1.29, 1.82) is 0 Å². The topological polar surface area (TPSA) is 42.0 Å². The summed E-state index contributed by atoms with van der Waals surface area (Å²) < 4.78 is 0.747. The molecule has 1 aliphatic carbocycles. The van der Waals surface area contributed by atoms with E-state index in [0.717, 1.165) is 10.9 Å². The molecule has 1 heterocycles. The Balaban J connectivity index is 2.12. The second kappa shape index (κ2) is 4.00. The predicted molar refractivity (Wildman–Crippen MR) is 66.6 cm³/mol. The first kappa shape index (κ1) is 11.9. The molecule has 1 atom stereocenters. The average Bonchev–Trinajstić information content (AvgIpc) is 2.77. The van der Waals surface area contributed by atoms with Gasteiger partial charge in [0.2, 0.25) is 0 Å². The normalized spacial score (nSPS) is 21.6. The molecular formula is C11H12BrClN2O. The van der Waals surface area contributed by atoms with Crippen LogP contribution in [0.4, 0.5) is 0 Å². The summed E-state index contributed by atoms with van der Waals surface area (Å²) in [6, 6.07) is 1.93. The summed E-state index contributed by atoms with van der Waals surface area (Å²) in [7, 11) is 0. The molecule has 1 fully saturated rings. The van der Waals surface area contributed by atoms with E-state index in [1.54, 1.807) is 12.3 Å². The van der Waals surface area contributed by atoms with E-state index in [-0.39, 0.29) is 22.5 Å². The predicted octanol–water partition coefficient (Wildman–Crippen LogP) is 3.03. The Morgan fingerprint density at radius 3 is 2.88 bits per heavy atom. The van der Waals surface area contributed by atoms with Gasteiger partial charge in [0.1, 0.15) is 5.15 Å². The van der Waals surface area contributed by atoms with Crippen molar-refractivity contribution >= 4 is 33.4 Å². The smallest absolute Gasteiger partial charge is 0.254 e. The molecule has 1 unspecified atom stereocenters. The van der Waals surface area contributed by atoms with Crippen molar-refractivity contribution in [3.63, 3.8) is 0 Å². The first-order chi connectivity index (χ1) is 7.40. The molecule has 0 radical (unpaired) electrons. The number of halogens is 2. The van der Waals surface area contributed by atoms with Crippen molar-refractivity contribution in [2.75, 3.05) is 0 Å². The highest BCUT2D eigenvalue weighted by Crippen LogP contribution is 2.44. The van der Waals surface area contributed by atoms with Crippen LogP contribution in [0.25, 0.3) is 0 Å². The lowest BCUT2D eigenvalue weighted by molar-refractivity contribution is 0.0946. The highest BCUT2D eigenvalue weighted by molar-refractivity contribution is 9.10. The maximum atomic E-state index is 11.9. The largest absolute Gasteiger partial charge is 0.349 e. The van der Waals surface area contributed by atoms with Crippen LogP contribution in [0.1, 0.15) is 30.6 Å². The molecule has 3 nitrogen and oxygen atoms in total. The fourth-order valence-corrected chi connectivity index (χ4v) is 2.05. The molecule has 1 aromatic heterocycles. The summed E-state index contributed by atoms with van der Waals surface area (Å²) in [5, 5.41) is 3.18. The Morgan fingerprint density at radius 2 is 2.31 bits per heavy atom. The molecule has 0 bridgehead atoms. The quantitative estimate of drug-likeness (QED) is 0.853. The van der Waals surface area contributed by atoms with E-state index < -0.39 is 0 Å². The Hall–Kier alpha value is -0.610. The molecule has 1 aliphatic rings. The van der Waals surface area contributed by atoms with Crippen LogP contribution < -0.4 is 5.32 Å². The van der Waals surface area contributed by atoms with Gasteiger partial charge in [-0.3, -0.25) is 4.79 Å². The van der Waals surface area contributed by atoms with Crippen LogP contribution >= 0.6 is 27.5 Å². The van der Waals surface area contributed by atoms with Crippen LogP contribution in [0.2, 0.25) is 5.15 Å². The zero-order valence-electron chi connectivity index (χ0n) is 9.05. The molecule has 1 aromatic rings. The maximum Gasteiger partial charge on any atom is 0.254 e. The molecular weight excluding hydrogens is 291 g/mol. The van der Waals surface area contributed by atoms with Crippen LogP contribution in [0, 0.1) is 5.41 Å². The molecule has 0 aromatic carbocycles. The lowest BCUT2D eigenvalue weighted by Crippen LogP contribution is -2.28. The Morgan fingerprint density at radius 1 is 1.69 bits per heavy atom. The van der Waals surface area contributed by atoms with Crippen LogP contribution in [-0.2, 0) is 0 Å². The van der Waals surface area contributed by atoms with Crippen LogP contribution in [0.3, 0.4) is 0 Å². The zero-order chi connectivity index (χ0) is 11.9. The number of hydrogen-bond donors (Lipinski definition) is 1. The van der Waals surface area contributed by atoms with E-state index in [1.165, 1.54) is 0 Å². The number of carbonyl (C=O) groups is 1. The van der Waals surface area contributed by atoms with E-state index >= 15 is 0 Å². The van der Waals surface area contributed by atoms with Crippen molar-refractivity contribution in [3.8, 4) is 0 Å². The van der Waals surface area contributed by atoms with E-state index in [2.05, 4.69) is 40.1 Å². The minimum atomic E-state index is -0.158. The van der Waals surface area contributed by atoms with Gasteiger partial charge in [-0.05, 0) is 33.8 Å². The monoisotopic (exact) mass is 302 g/mol. The lowest BCUT2D eigenvalue weighted by Gasteiger charge is -2.07. The summed E-state index contributed by atoms with van der Waals surface area (Å²) in [6.07, 6.45) is 2.58. The molecule has 0 saturated heterocycles. The van der Waals surface area contributed by atoms with Gasteiger partial charge in [-0.1, -0.05) is 25.4 Å². The molecule has 5 heteroatoms. The number of aromatic nitrogens is 1. The number of pyridine rings is 1. The van der Waals surface area contributed by atoms with Gasteiger partial charge in [0.15, 0.2) is 0 Å². The van der Waals surface area contributed by atoms with E-state index in [4.69, 9.17) is 11.6 Å². The number of nitrogens with one attached hydrogen (secondary N) is 1. The Bertz CT molecular complexity index is 448. The average molecular weight is 304 g/mol. The van der Waals surface area contributed by atoms with Crippen molar-refractivity contribution in [3.05, 3.63) is 27.5 Å². The van der Waals surface area contributed by atoms with Gasteiger partial charge in [0, 0.05) is 16.7 Å². The van der Waals surface area contributed by atoms with Crippen molar-refractivity contribution in [2.45, 2.75) is 26.3 Å². The molecule has 1 N–H and O–H groups in total. The third kappa shape index (κ3) is 2.38. The summed E-state index contributed by atoms with van der Waals surface area (Å²) in [6.45, 7) is 4.25. The number of rotatable bonds is 2. The maximum absolute atomic E-state index is 11.9. The Labute approximate surface area is 108 Å². The second-order valence-electron chi connectivity index (χ2n) is 4.71. The molecule has 2 rings (SSSR count). The first-order valence-corrected chi connectivity index (χ1v) is 6.19. The zero-order valence-corrected chi connectivity index (χ0v) is 11.4. The summed E-state index contributed by atoms with van der Waals surface area (Å²) in [5.41, 5.74) is 0.625. The number of nitrogens with zero attached hydrogens (tertiary/aromatic N) is 1. The fourth-order valence-electron chi connectivity index (χ4n) is 1.53. The lowest BCUT2D eigenvalue weighted by atomic mass is 10.2. The van der Waals surface area contributed by atoms with Crippen LogP contribution in [0.5, 0.6) is 0 Å². The molecule has 0 aliphatic heterocycles. The SMILES string of the molecule is CC1(C)CC1NC(=O)c1cc(Br)cnc1Cl. The Kier molecular flexibility index (Phi) is 2.97. The standard InChI is InChI=1S/C11H12BrClN2O/c1-11(2)4-8(11)15-10(16)7-3-6(12)5-14-9(7)13/h3,5,8H,4H2,1-2H3,(H,15,16). The second-order valence-corrected chi connectivity index (χ2v) is 5.98. The minimum Gasteiger partial charge on any atom is -0.349 e. The van der Waals surface area contributed by atoms with Crippen LogP contribution in [0.15, 0.2) is 16.7 Å². The van der Waals surface area contributed by atoms with Gasteiger partial charge in [0.05, 0.1) is 5.56 Å². The molecule has 1 amide bonds. The third-order valence-corrected chi connectivity index (χ3v) is 3.60. The first-order valence-electron chi connectivity index (χ1n) is 5.02. The minimum absolute atomic E-state index is 0.158. The molecule has 1 saturated carbocycles. The van der Waals surface area contributed by atoms with Crippen LogP contribution in [-0.4, -0.2) is 16.9 Å². The molecule has 0 spiro atoms. The van der Waals surface area contributed by atoms with Crippen molar-refractivity contribution < 1.29 is 4.79 Å². The summed E-state index contributed by atoms with van der Waals surface area (Å²) in [4.78, 5) is 15.8. The fraction of sp³-hybridized carbons (Fsp3) is 0.455. The third-order valence-electron chi connectivity index (χ3n) is 2.87. The van der Waals surface area contributed by atoms with Gasteiger partial charge in [0.25, 0.3) is 5.91 Å². The highest BCUT2D eigenvalue weighted by atomic mass is 79.9. The molecule has 86 valence electrons. The number of amides is 1.